The van der Waals surface area contributed by atoms with E-state index in [0.29, 0.717) is 11.7 Å². The summed E-state index contributed by atoms with van der Waals surface area (Å²) in [6.07, 6.45) is 3.39. The SMILES string of the molecule is CC(C)N1CCN(c2cnc(CO)cn2)CC1. The molecule has 1 aromatic rings. The van der Waals surface area contributed by atoms with Crippen LogP contribution in [0.4, 0.5) is 5.82 Å². The van der Waals surface area contributed by atoms with Crippen molar-refractivity contribution in [1.82, 2.24) is 14.9 Å². The highest BCUT2D eigenvalue weighted by Crippen LogP contribution is 2.13. The molecular weight excluding hydrogens is 216 g/mol. The van der Waals surface area contributed by atoms with Gasteiger partial charge < -0.3 is 10.0 Å². The molecule has 0 saturated carbocycles. The van der Waals surface area contributed by atoms with Crippen molar-refractivity contribution in [2.24, 2.45) is 0 Å². The molecule has 0 unspecified atom stereocenters. The van der Waals surface area contributed by atoms with Crippen LogP contribution in [0.3, 0.4) is 0 Å². The summed E-state index contributed by atoms with van der Waals surface area (Å²) in [6.45, 7) is 8.53. The Morgan fingerprint density at radius 1 is 1.18 bits per heavy atom. The summed E-state index contributed by atoms with van der Waals surface area (Å²) in [7, 11) is 0. The van der Waals surface area contributed by atoms with Crippen molar-refractivity contribution in [3.63, 3.8) is 0 Å². The van der Waals surface area contributed by atoms with Crippen molar-refractivity contribution in [3.8, 4) is 0 Å². The molecule has 94 valence electrons. The van der Waals surface area contributed by atoms with Crippen molar-refractivity contribution < 1.29 is 5.11 Å². The second-order valence-electron chi connectivity index (χ2n) is 4.64. The van der Waals surface area contributed by atoms with Gasteiger partial charge in [-0.3, -0.25) is 9.88 Å². The zero-order valence-electron chi connectivity index (χ0n) is 10.5. The lowest BCUT2D eigenvalue weighted by Crippen LogP contribution is -2.49. The van der Waals surface area contributed by atoms with E-state index in [-0.39, 0.29) is 6.61 Å². The molecule has 2 rings (SSSR count). The normalized spacial score (nSPS) is 17.8. The number of rotatable bonds is 3. The van der Waals surface area contributed by atoms with Crippen LogP contribution in [0, 0.1) is 0 Å². The van der Waals surface area contributed by atoms with Gasteiger partial charge in [-0.15, -0.1) is 0 Å². The van der Waals surface area contributed by atoms with Gasteiger partial charge in [-0.05, 0) is 13.8 Å². The van der Waals surface area contributed by atoms with Crippen LogP contribution >= 0.6 is 0 Å². The number of aliphatic hydroxyl groups is 1. The monoisotopic (exact) mass is 236 g/mol. The molecule has 0 radical (unpaired) electrons. The zero-order chi connectivity index (χ0) is 12.3. The predicted molar refractivity (Wildman–Crippen MR) is 66.9 cm³/mol. The van der Waals surface area contributed by atoms with Gasteiger partial charge in [-0.1, -0.05) is 0 Å². The Balaban J connectivity index is 1.95. The molecule has 1 fully saturated rings. The van der Waals surface area contributed by atoms with E-state index in [9.17, 15) is 0 Å². The molecule has 0 amide bonds. The van der Waals surface area contributed by atoms with Gasteiger partial charge in [0, 0.05) is 32.2 Å². The number of piperazine rings is 1. The van der Waals surface area contributed by atoms with Crippen molar-refractivity contribution in [2.75, 3.05) is 31.1 Å². The second-order valence-corrected chi connectivity index (χ2v) is 4.64. The minimum atomic E-state index is -0.0472. The molecule has 1 aromatic heterocycles. The molecule has 2 heterocycles. The first-order valence-corrected chi connectivity index (χ1v) is 6.11. The summed E-state index contributed by atoms with van der Waals surface area (Å²) >= 11 is 0. The summed E-state index contributed by atoms with van der Waals surface area (Å²) in [5, 5.41) is 8.91. The first-order chi connectivity index (χ1) is 8.20. The maximum Gasteiger partial charge on any atom is 0.147 e. The number of aliphatic hydroxyl groups excluding tert-OH is 1. The second kappa shape index (κ2) is 5.42. The summed E-state index contributed by atoms with van der Waals surface area (Å²) in [4.78, 5) is 13.2. The topological polar surface area (TPSA) is 52.5 Å². The molecule has 0 atom stereocenters. The molecule has 1 N–H and O–H groups in total. The third-order valence-corrected chi connectivity index (χ3v) is 3.22. The fourth-order valence-electron chi connectivity index (χ4n) is 2.06. The quantitative estimate of drug-likeness (QED) is 0.828. The highest BCUT2D eigenvalue weighted by molar-refractivity contribution is 5.36. The first kappa shape index (κ1) is 12.3. The standard InChI is InChI=1S/C12H20N4O/c1-10(2)15-3-5-16(6-4-15)12-8-13-11(9-17)7-14-12/h7-8,10,17H,3-6,9H2,1-2H3. The fourth-order valence-corrected chi connectivity index (χ4v) is 2.06. The Hall–Kier alpha value is -1.20. The summed E-state index contributed by atoms with van der Waals surface area (Å²) in [6, 6.07) is 0.611. The zero-order valence-corrected chi connectivity index (χ0v) is 10.5. The Bertz CT molecular complexity index is 344. The van der Waals surface area contributed by atoms with Gasteiger partial charge in [0.05, 0.1) is 24.7 Å². The van der Waals surface area contributed by atoms with Gasteiger partial charge in [0.25, 0.3) is 0 Å². The highest BCUT2D eigenvalue weighted by atomic mass is 16.3. The fraction of sp³-hybridized carbons (Fsp3) is 0.667. The van der Waals surface area contributed by atoms with Gasteiger partial charge in [-0.25, -0.2) is 4.98 Å². The van der Waals surface area contributed by atoms with Crippen LogP contribution in [-0.4, -0.2) is 52.2 Å². The molecule has 0 aromatic carbocycles. The minimum absolute atomic E-state index is 0.0472. The van der Waals surface area contributed by atoms with Crippen LogP contribution in [0.5, 0.6) is 0 Å². The molecule has 0 spiro atoms. The van der Waals surface area contributed by atoms with Crippen LogP contribution in [-0.2, 0) is 6.61 Å². The van der Waals surface area contributed by atoms with E-state index in [0.717, 1.165) is 32.0 Å². The van der Waals surface area contributed by atoms with Crippen molar-refractivity contribution in [2.45, 2.75) is 26.5 Å². The molecule has 5 nitrogen and oxygen atoms in total. The number of aromatic nitrogens is 2. The van der Waals surface area contributed by atoms with Gasteiger partial charge >= 0.3 is 0 Å². The average Bonchev–Trinajstić information content (AvgIpc) is 2.39. The maximum absolute atomic E-state index is 8.91. The summed E-state index contributed by atoms with van der Waals surface area (Å²) in [5.41, 5.74) is 0.620. The minimum Gasteiger partial charge on any atom is -0.390 e. The third-order valence-electron chi connectivity index (χ3n) is 3.22. The van der Waals surface area contributed by atoms with E-state index in [1.165, 1.54) is 0 Å². The van der Waals surface area contributed by atoms with Crippen LogP contribution in [0.2, 0.25) is 0 Å². The number of nitrogens with zero attached hydrogens (tertiary/aromatic N) is 4. The van der Waals surface area contributed by atoms with Gasteiger partial charge in [0.1, 0.15) is 5.82 Å². The number of hydrogen-bond donors (Lipinski definition) is 1. The number of hydrogen-bond acceptors (Lipinski definition) is 5. The Labute approximate surface area is 102 Å². The molecule has 1 aliphatic heterocycles. The highest BCUT2D eigenvalue weighted by Gasteiger charge is 2.19. The summed E-state index contributed by atoms with van der Waals surface area (Å²) in [5.74, 6) is 0.908. The van der Waals surface area contributed by atoms with E-state index < -0.39 is 0 Å². The van der Waals surface area contributed by atoms with E-state index >= 15 is 0 Å². The van der Waals surface area contributed by atoms with E-state index in [2.05, 4.69) is 33.6 Å². The lowest BCUT2D eigenvalue weighted by Gasteiger charge is -2.37. The van der Waals surface area contributed by atoms with Crippen molar-refractivity contribution >= 4 is 5.82 Å². The lowest BCUT2D eigenvalue weighted by molar-refractivity contribution is 0.209. The first-order valence-electron chi connectivity index (χ1n) is 6.11. The lowest BCUT2D eigenvalue weighted by atomic mass is 10.2. The smallest absolute Gasteiger partial charge is 0.147 e. The van der Waals surface area contributed by atoms with Gasteiger partial charge in [0.2, 0.25) is 0 Å². The largest absolute Gasteiger partial charge is 0.390 e. The van der Waals surface area contributed by atoms with Crippen LogP contribution < -0.4 is 4.90 Å². The van der Waals surface area contributed by atoms with Gasteiger partial charge in [-0.2, -0.15) is 0 Å². The van der Waals surface area contributed by atoms with E-state index in [1.54, 1.807) is 12.4 Å². The molecule has 0 aliphatic carbocycles. The van der Waals surface area contributed by atoms with Crippen LogP contribution in [0.1, 0.15) is 19.5 Å². The van der Waals surface area contributed by atoms with E-state index in [4.69, 9.17) is 5.11 Å². The molecular formula is C12H20N4O. The molecule has 17 heavy (non-hydrogen) atoms. The number of anilines is 1. The van der Waals surface area contributed by atoms with Crippen molar-refractivity contribution in [1.29, 1.82) is 0 Å². The predicted octanol–water partition coefficient (Wildman–Crippen LogP) is 0.499. The molecule has 0 bridgehead atoms. The Morgan fingerprint density at radius 3 is 2.35 bits per heavy atom. The molecule has 5 heteroatoms. The van der Waals surface area contributed by atoms with Crippen LogP contribution in [0.25, 0.3) is 0 Å². The van der Waals surface area contributed by atoms with Gasteiger partial charge in [0.15, 0.2) is 0 Å². The Morgan fingerprint density at radius 2 is 1.88 bits per heavy atom. The van der Waals surface area contributed by atoms with Crippen LogP contribution in [0.15, 0.2) is 12.4 Å². The molecule has 1 saturated heterocycles. The Kier molecular flexibility index (Phi) is 3.91. The van der Waals surface area contributed by atoms with Crippen molar-refractivity contribution in [3.05, 3.63) is 18.1 Å². The van der Waals surface area contributed by atoms with E-state index in [1.807, 2.05) is 0 Å². The summed E-state index contributed by atoms with van der Waals surface area (Å²) < 4.78 is 0. The average molecular weight is 236 g/mol. The third kappa shape index (κ3) is 2.92. The maximum atomic E-state index is 8.91. The molecule has 1 aliphatic rings.